The molecule has 1 aromatic heterocycles. The molecule has 0 saturated carbocycles. The Bertz CT molecular complexity index is 833. The molecule has 0 bridgehead atoms. The van der Waals surface area contributed by atoms with Crippen LogP contribution in [0, 0.1) is 5.92 Å². The van der Waals surface area contributed by atoms with E-state index in [0.717, 1.165) is 30.5 Å². The van der Waals surface area contributed by atoms with Crippen molar-refractivity contribution in [3.63, 3.8) is 0 Å². The molecule has 0 radical (unpaired) electrons. The van der Waals surface area contributed by atoms with E-state index in [2.05, 4.69) is 18.9 Å². The van der Waals surface area contributed by atoms with Crippen molar-refractivity contribution in [2.45, 2.75) is 39.0 Å². The van der Waals surface area contributed by atoms with Crippen molar-refractivity contribution < 1.29 is 14.7 Å². The second kappa shape index (κ2) is 7.94. The monoisotopic (exact) mass is 369 g/mol. The third-order valence-corrected chi connectivity index (χ3v) is 5.37. The SMILES string of the molecule is CC(C)c1cc(C(=O)N2CCC(Cc3ccccc3C(=O)O)CC2)n(C)n1. The van der Waals surface area contributed by atoms with E-state index < -0.39 is 5.97 Å². The molecule has 1 aliphatic rings. The number of aromatic nitrogens is 2. The lowest BCUT2D eigenvalue weighted by atomic mass is 9.88. The number of hydrogen-bond acceptors (Lipinski definition) is 3. The average Bonchev–Trinajstić information content (AvgIpc) is 3.04. The van der Waals surface area contributed by atoms with Gasteiger partial charge in [0.05, 0.1) is 11.3 Å². The largest absolute Gasteiger partial charge is 0.478 e. The summed E-state index contributed by atoms with van der Waals surface area (Å²) in [6.07, 6.45) is 2.51. The Morgan fingerprint density at radius 1 is 1.22 bits per heavy atom. The molecule has 0 unspecified atom stereocenters. The minimum absolute atomic E-state index is 0.0290. The van der Waals surface area contributed by atoms with Gasteiger partial charge in [0.25, 0.3) is 5.91 Å². The van der Waals surface area contributed by atoms with E-state index in [1.54, 1.807) is 16.8 Å². The van der Waals surface area contributed by atoms with Crippen LogP contribution in [0.2, 0.25) is 0 Å². The second-order valence-corrected chi connectivity index (χ2v) is 7.63. The number of aryl methyl sites for hydroxylation is 1. The quantitative estimate of drug-likeness (QED) is 0.877. The lowest BCUT2D eigenvalue weighted by Crippen LogP contribution is -2.39. The van der Waals surface area contributed by atoms with Crippen molar-refractivity contribution in [1.29, 1.82) is 0 Å². The third-order valence-electron chi connectivity index (χ3n) is 5.37. The highest BCUT2D eigenvalue weighted by molar-refractivity contribution is 5.92. The van der Waals surface area contributed by atoms with Crippen LogP contribution in [-0.4, -0.2) is 44.8 Å². The molecule has 6 heteroatoms. The zero-order valence-corrected chi connectivity index (χ0v) is 16.2. The number of likely N-dealkylation sites (tertiary alicyclic amines) is 1. The van der Waals surface area contributed by atoms with Gasteiger partial charge in [-0.25, -0.2) is 4.79 Å². The fourth-order valence-electron chi connectivity index (χ4n) is 3.69. The summed E-state index contributed by atoms with van der Waals surface area (Å²) in [5, 5.41) is 13.8. The maximum Gasteiger partial charge on any atom is 0.335 e. The summed E-state index contributed by atoms with van der Waals surface area (Å²) in [7, 11) is 1.81. The predicted molar refractivity (Wildman–Crippen MR) is 103 cm³/mol. The summed E-state index contributed by atoms with van der Waals surface area (Å²) < 4.78 is 1.67. The van der Waals surface area contributed by atoms with E-state index in [-0.39, 0.29) is 11.8 Å². The van der Waals surface area contributed by atoms with Gasteiger partial charge in [0, 0.05) is 20.1 Å². The minimum Gasteiger partial charge on any atom is -0.478 e. The van der Waals surface area contributed by atoms with E-state index in [1.807, 2.05) is 30.1 Å². The summed E-state index contributed by atoms with van der Waals surface area (Å²) in [4.78, 5) is 26.1. The van der Waals surface area contributed by atoms with Crippen LogP contribution in [0.4, 0.5) is 0 Å². The second-order valence-electron chi connectivity index (χ2n) is 7.63. The first-order chi connectivity index (χ1) is 12.9. The topological polar surface area (TPSA) is 75.4 Å². The summed E-state index contributed by atoms with van der Waals surface area (Å²) in [6, 6.07) is 9.08. The van der Waals surface area contributed by atoms with Crippen molar-refractivity contribution in [1.82, 2.24) is 14.7 Å². The maximum absolute atomic E-state index is 12.9. The number of piperidine rings is 1. The molecule has 1 N–H and O–H groups in total. The molecule has 2 aromatic rings. The fourth-order valence-corrected chi connectivity index (χ4v) is 3.69. The number of aromatic carboxylic acids is 1. The summed E-state index contributed by atoms with van der Waals surface area (Å²) >= 11 is 0. The molecule has 6 nitrogen and oxygen atoms in total. The first kappa shape index (κ1) is 19.1. The van der Waals surface area contributed by atoms with E-state index in [0.29, 0.717) is 30.3 Å². The molecule has 2 heterocycles. The zero-order valence-electron chi connectivity index (χ0n) is 16.2. The van der Waals surface area contributed by atoms with Gasteiger partial charge in [-0.05, 0) is 48.8 Å². The molecule has 1 aliphatic heterocycles. The normalized spacial score (nSPS) is 15.3. The number of carboxylic acid groups (broad SMARTS) is 1. The number of amides is 1. The van der Waals surface area contributed by atoms with Crippen LogP contribution in [0.25, 0.3) is 0 Å². The molecule has 3 rings (SSSR count). The predicted octanol–water partition coefficient (Wildman–Crippen LogP) is 3.34. The first-order valence-electron chi connectivity index (χ1n) is 9.51. The summed E-state index contributed by atoms with van der Waals surface area (Å²) in [5.74, 6) is -0.165. The van der Waals surface area contributed by atoms with Crippen LogP contribution in [0.1, 0.15) is 64.7 Å². The molecular formula is C21H27N3O3. The minimum atomic E-state index is -0.879. The molecule has 1 saturated heterocycles. The Morgan fingerprint density at radius 3 is 2.48 bits per heavy atom. The van der Waals surface area contributed by atoms with Crippen molar-refractivity contribution in [3.05, 3.63) is 52.8 Å². The number of rotatable bonds is 5. The number of carboxylic acids is 1. The van der Waals surface area contributed by atoms with Gasteiger partial charge < -0.3 is 10.0 Å². The van der Waals surface area contributed by atoms with Crippen LogP contribution in [0.5, 0.6) is 0 Å². The van der Waals surface area contributed by atoms with Crippen molar-refractivity contribution in [3.8, 4) is 0 Å². The van der Waals surface area contributed by atoms with Crippen molar-refractivity contribution >= 4 is 11.9 Å². The average molecular weight is 369 g/mol. The molecule has 0 aliphatic carbocycles. The number of nitrogens with zero attached hydrogens (tertiary/aromatic N) is 3. The highest BCUT2D eigenvalue weighted by atomic mass is 16.4. The number of hydrogen-bond donors (Lipinski definition) is 1. The lowest BCUT2D eigenvalue weighted by molar-refractivity contribution is 0.0679. The van der Waals surface area contributed by atoms with Gasteiger partial charge in [0.15, 0.2) is 0 Å². The maximum atomic E-state index is 12.9. The molecule has 1 fully saturated rings. The molecule has 144 valence electrons. The first-order valence-corrected chi connectivity index (χ1v) is 9.51. The van der Waals surface area contributed by atoms with Gasteiger partial charge in [-0.15, -0.1) is 0 Å². The van der Waals surface area contributed by atoms with Gasteiger partial charge in [-0.1, -0.05) is 32.0 Å². The summed E-state index contributed by atoms with van der Waals surface area (Å²) in [6.45, 7) is 5.52. The van der Waals surface area contributed by atoms with Gasteiger partial charge >= 0.3 is 5.97 Å². The Kier molecular flexibility index (Phi) is 5.63. The van der Waals surface area contributed by atoms with Crippen LogP contribution in [0.15, 0.2) is 30.3 Å². The van der Waals surface area contributed by atoms with E-state index in [1.165, 1.54) is 0 Å². The number of benzene rings is 1. The molecule has 0 atom stereocenters. The summed E-state index contributed by atoms with van der Waals surface area (Å²) in [5.41, 5.74) is 2.82. The van der Waals surface area contributed by atoms with Gasteiger partial charge in [-0.2, -0.15) is 5.10 Å². The van der Waals surface area contributed by atoms with Crippen LogP contribution >= 0.6 is 0 Å². The molecule has 1 amide bonds. The van der Waals surface area contributed by atoms with Crippen molar-refractivity contribution in [2.75, 3.05) is 13.1 Å². The van der Waals surface area contributed by atoms with Crippen LogP contribution in [-0.2, 0) is 13.5 Å². The standard InChI is InChI=1S/C21H27N3O3/c1-14(2)18-13-19(23(3)22-18)20(25)24-10-8-15(9-11-24)12-16-6-4-5-7-17(16)21(26)27/h4-7,13-15H,8-12H2,1-3H3,(H,26,27). The lowest BCUT2D eigenvalue weighted by Gasteiger charge is -2.32. The fraction of sp³-hybridized carbons (Fsp3) is 0.476. The molecular weight excluding hydrogens is 342 g/mol. The zero-order chi connectivity index (χ0) is 19.6. The molecule has 0 spiro atoms. The van der Waals surface area contributed by atoms with E-state index in [4.69, 9.17) is 0 Å². The van der Waals surface area contributed by atoms with Crippen LogP contribution in [0.3, 0.4) is 0 Å². The Hall–Kier alpha value is -2.63. The Balaban J connectivity index is 1.62. The highest BCUT2D eigenvalue weighted by Gasteiger charge is 2.27. The number of carbonyl (C=O) groups excluding carboxylic acids is 1. The highest BCUT2D eigenvalue weighted by Crippen LogP contribution is 2.25. The molecule has 1 aromatic carbocycles. The third kappa shape index (κ3) is 4.21. The molecule has 27 heavy (non-hydrogen) atoms. The smallest absolute Gasteiger partial charge is 0.335 e. The Morgan fingerprint density at radius 2 is 1.89 bits per heavy atom. The number of carbonyl (C=O) groups is 2. The Labute approximate surface area is 159 Å². The van der Waals surface area contributed by atoms with Crippen molar-refractivity contribution in [2.24, 2.45) is 13.0 Å². The van der Waals surface area contributed by atoms with Gasteiger partial charge in [-0.3, -0.25) is 9.48 Å². The van der Waals surface area contributed by atoms with Gasteiger partial charge in [0.2, 0.25) is 0 Å². The van der Waals surface area contributed by atoms with E-state index >= 15 is 0 Å². The van der Waals surface area contributed by atoms with E-state index in [9.17, 15) is 14.7 Å². The van der Waals surface area contributed by atoms with Crippen LogP contribution < -0.4 is 0 Å². The van der Waals surface area contributed by atoms with Gasteiger partial charge in [0.1, 0.15) is 5.69 Å².